The Hall–Kier alpha value is -4.33. The molecule has 0 saturated carbocycles. The molecular weight excluding hydrogens is 610 g/mol. The van der Waals surface area contributed by atoms with E-state index in [1.165, 1.54) is 0 Å². The second-order valence-electron chi connectivity index (χ2n) is 13.4. The number of benzene rings is 2. The molecule has 5 heterocycles. The topological polar surface area (TPSA) is 128 Å². The van der Waals surface area contributed by atoms with Crippen LogP contribution in [-0.4, -0.2) is 120 Å². The number of aromatic nitrogens is 3. The fourth-order valence-corrected chi connectivity index (χ4v) is 7.02. The molecule has 2 aromatic carbocycles. The number of carbonyl (C=O) groups is 2. The minimum absolute atomic E-state index is 0.0173. The highest BCUT2D eigenvalue weighted by Crippen LogP contribution is 2.34. The number of piperazine rings is 1. The number of nitrogens with one attached hydrogen (secondary N) is 2. The van der Waals surface area contributed by atoms with Gasteiger partial charge in [-0.1, -0.05) is 0 Å². The van der Waals surface area contributed by atoms with E-state index in [0.29, 0.717) is 73.7 Å². The predicted molar refractivity (Wildman–Crippen MR) is 185 cm³/mol. The summed E-state index contributed by atoms with van der Waals surface area (Å²) >= 11 is 0. The molecule has 254 valence electrons. The van der Waals surface area contributed by atoms with Gasteiger partial charge in [0.15, 0.2) is 5.82 Å². The number of carbonyl (C=O) groups excluding carboxylic acids is 2. The first-order chi connectivity index (χ1) is 23.3. The molecule has 0 radical (unpaired) electrons. The second kappa shape index (κ2) is 14.0. The zero-order valence-electron chi connectivity index (χ0n) is 28.0. The Balaban J connectivity index is 1.01. The summed E-state index contributed by atoms with van der Waals surface area (Å²) in [6.07, 6.45) is 2.13. The lowest BCUT2D eigenvalue weighted by molar-refractivity contribution is 0.0595. The maximum atomic E-state index is 13.0. The van der Waals surface area contributed by atoms with Crippen molar-refractivity contribution in [2.75, 3.05) is 79.6 Å². The van der Waals surface area contributed by atoms with Crippen LogP contribution in [0.5, 0.6) is 0 Å². The van der Waals surface area contributed by atoms with E-state index in [4.69, 9.17) is 24.4 Å². The Morgan fingerprint density at radius 3 is 2.02 bits per heavy atom. The third-order valence-electron chi connectivity index (χ3n) is 9.83. The van der Waals surface area contributed by atoms with Gasteiger partial charge in [-0.05, 0) is 82.1 Å². The molecule has 0 spiro atoms. The quantitative estimate of drug-likeness (QED) is 0.386. The molecule has 0 aliphatic carbocycles. The van der Waals surface area contributed by atoms with Gasteiger partial charge in [0.2, 0.25) is 11.9 Å². The third kappa shape index (κ3) is 6.94. The summed E-state index contributed by atoms with van der Waals surface area (Å²) in [6, 6.07) is 15.3. The molecule has 13 nitrogen and oxygen atoms in total. The van der Waals surface area contributed by atoms with E-state index in [9.17, 15) is 9.59 Å². The Bertz CT molecular complexity index is 1580. The van der Waals surface area contributed by atoms with Crippen LogP contribution in [0.25, 0.3) is 11.4 Å². The summed E-state index contributed by atoms with van der Waals surface area (Å²) < 4.78 is 11.5. The zero-order valence-corrected chi connectivity index (χ0v) is 28.0. The first-order valence-corrected chi connectivity index (χ1v) is 17.1. The highest BCUT2D eigenvalue weighted by molar-refractivity contribution is 6.00. The molecule has 3 atom stereocenters. The lowest BCUT2D eigenvalue weighted by Crippen LogP contribution is -2.50. The number of urea groups is 1. The van der Waals surface area contributed by atoms with Gasteiger partial charge in [-0.25, -0.2) is 4.79 Å². The predicted octanol–water partition coefficient (Wildman–Crippen LogP) is 3.94. The molecule has 48 heavy (non-hydrogen) atoms. The molecule has 4 aliphatic rings. The van der Waals surface area contributed by atoms with Gasteiger partial charge in [0, 0.05) is 61.3 Å². The van der Waals surface area contributed by atoms with E-state index < -0.39 is 0 Å². The van der Waals surface area contributed by atoms with Gasteiger partial charge in [-0.3, -0.25) is 9.69 Å². The molecule has 2 bridgehead atoms. The van der Waals surface area contributed by atoms with Crippen LogP contribution in [0.3, 0.4) is 0 Å². The van der Waals surface area contributed by atoms with Crippen molar-refractivity contribution in [3.8, 4) is 11.4 Å². The number of nitrogens with zero attached hydrogens (tertiary/aromatic N) is 7. The number of hydrogen-bond acceptors (Lipinski definition) is 10. The number of morpholine rings is 2. The van der Waals surface area contributed by atoms with Crippen molar-refractivity contribution in [3.05, 3.63) is 54.1 Å². The Kier molecular flexibility index (Phi) is 9.42. The Labute approximate surface area is 281 Å². The number of anilines is 4. The molecule has 7 rings (SSSR count). The van der Waals surface area contributed by atoms with E-state index in [1.807, 2.05) is 29.2 Å². The zero-order chi connectivity index (χ0) is 33.2. The van der Waals surface area contributed by atoms with Gasteiger partial charge in [0.1, 0.15) is 0 Å². The van der Waals surface area contributed by atoms with Crippen LogP contribution in [0.15, 0.2) is 48.5 Å². The largest absolute Gasteiger partial charge is 0.377 e. The molecule has 4 aliphatic heterocycles. The summed E-state index contributed by atoms with van der Waals surface area (Å²) in [5.74, 6) is 1.95. The van der Waals surface area contributed by atoms with Gasteiger partial charge in [0.05, 0.1) is 44.6 Å². The number of ether oxygens (including phenoxy) is 2. The average molecular weight is 656 g/mol. The van der Waals surface area contributed by atoms with Gasteiger partial charge >= 0.3 is 6.03 Å². The van der Waals surface area contributed by atoms with Gasteiger partial charge in [0.25, 0.3) is 5.91 Å². The van der Waals surface area contributed by atoms with Crippen LogP contribution < -0.4 is 20.4 Å². The summed E-state index contributed by atoms with van der Waals surface area (Å²) in [4.78, 5) is 49.5. The number of rotatable bonds is 7. The molecule has 3 amide bonds. The van der Waals surface area contributed by atoms with Crippen LogP contribution in [-0.2, 0) is 9.47 Å². The highest BCUT2D eigenvalue weighted by atomic mass is 16.5. The van der Waals surface area contributed by atoms with E-state index in [1.54, 1.807) is 24.3 Å². The van der Waals surface area contributed by atoms with Gasteiger partial charge in [-0.15, -0.1) is 0 Å². The first kappa shape index (κ1) is 32.2. The average Bonchev–Trinajstić information content (AvgIpc) is 3.36. The Morgan fingerprint density at radius 2 is 1.40 bits per heavy atom. The maximum Gasteiger partial charge on any atom is 0.323 e. The molecule has 2 N–H and O–H groups in total. The van der Waals surface area contributed by atoms with Crippen molar-refractivity contribution in [3.63, 3.8) is 0 Å². The maximum absolute atomic E-state index is 13.0. The van der Waals surface area contributed by atoms with Crippen LogP contribution in [0.2, 0.25) is 0 Å². The van der Waals surface area contributed by atoms with Crippen molar-refractivity contribution in [2.45, 2.75) is 57.8 Å². The van der Waals surface area contributed by atoms with Crippen LogP contribution in [0.4, 0.5) is 28.1 Å². The molecule has 13 heteroatoms. The molecule has 3 aromatic rings. The number of hydrogen-bond donors (Lipinski definition) is 2. The monoisotopic (exact) mass is 655 g/mol. The van der Waals surface area contributed by atoms with Crippen molar-refractivity contribution in [1.29, 1.82) is 0 Å². The molecule has 4 saturated heterocycles. The molecule has 1 aromatic heterocycles. The van der Waals surface area contributed by atoms with Gasteiger partial charge < -0.3 is 34.8 Å². The SMILES string of the molecule is CC(C)N1CCN(C(=O)c2ccc(NC(=O)Nc3ccc(-c4nc(N5C6CCC5COC6)nc(N5CCOC[C@@H]5C)n4)cc3)cc2)CC1. The summed E-state index contributed by atoms with van der Waals surface area (Å²) in [6.45, 7) is 13.0. The smallest absolute Gasteiger partial charge is 0.323 e. The van der Waals surface area contributed by atoms with Gasteiger partial charge in [-0.2, -0.15) is 15.0 Å². The van der Waals surface area contributed by atoms with E-state index in [2.05, 4.69) is 46.1 Å². The third-order valence-corrected chi connectivity index (χ3v) is 9.83. The fraction of sp³-hybridized carbons (Fsp3) is 0.514. The van der Waals surface area contributed by atoms with Crippen molar-refractivity contribution in [1.82, 2.24) is 24.8 Å². The van der Waals surface area contributed by atoms with Crippen LogP contribution in [0, 0.1) is 0 Å². The standard InChI is InChI=1S/C35H45N9O4/c1-23(2)41-14-16-42(17-15-41)32(45)26-6-10-28(11-7-26)37-35(46)36-27-8-4-25(5-9-27)31-38-33(43-18-19-47-20-24(43)3)40-34(39-31)44-29-12-13-30(44)22-48-21-29/h4-11,23-24,29-30H,12-22H2,1-3H3,(H2,36,37,46)/t24-,29?,30?/m0/s1. The second-order valence-corrected chi connectivity index (χ2v) is 13.4. The van der Waals surface area contributed by atoms with Crippen molar-refractivity contribution >= 4 is 35.2 Å². The molecule has 4 fully saturated rings. The normalized spacial score (nSPS) is 23.0. The number of fused-ring (bicyclic) bond motifs is 2. The van der Waals surface area contributed by atoms with E-state index in [0.717, 1.165) is 44.6 Å². The fourth-order valence-electron chi connectivity index (χ4n) is 7.02. The minimum atomic E-state index is -0.375. The number of amides is 3. The Morgan fingerprint density at radius 1 is 0.771 bits per heavy atom. The molecule has 2 unspecified atom stereocenters. The first-order valence-electron chi connectivity index (χ1n) is 17.1. The van der Waals surface area contributed by atoms with Crippen molar-refractivity contribution in [2.24, 2.45) is 0 Å². The van der Waals surface area contributed by atoms with E-state index >= 15 is 0 Å². The summed E-state index contributed by atoms with van der Waals surface area (Å²) in [5.41, 5.74) is 2.68. The minimum Gasteiger partial charge on any atom is -0.377 e. The lowest BCUT2D eigenvalue weighted by Gasteiger charge is -2.37. The summed E-state index contributed by atoms with van der Waals surface area (Å²) in [7, 11) is 0. The summed E-state index contributed by atoms with van der Waals surface area (Å²) in [5, 5.41) is 5.76. The van der Waals surface area contributed by atoms with Crippen LogP contribution in [0.1, 0.15) is 44.0 Å². The highest BCUT2D eigenvalue weighted by Gasteiger charge is 2.40. The molecular formula is C35H45N9O4. The van der Waals surface area contributed by atoms with E-state index in [-0.39, 0.29) is 30.1 Å². The lowest BCUT2D eigenvalue weighted by atomic mass is 10.1. The van der Waals surface area contributed by atoms with Crippen molar-refractivity contribution < 1.29 is 19.1 Å². The van der Waals surface area contributed by atoms with Crippen LogP contribution >= 0.6 is 0 Å².